The first-order valence-corrected chi connectivity index (χ1v) is 9.84. The van der Waals surface area contributed by atoms with Crippen molar-refractivity contribution in [3.05, 3.63) is 33.8 Å². The van der Waals surface area contributed by atoms with Gasteiger partial charge in [0.05, 0.1) is 23.8 Å². The summed E-state index contributed by atoms with van der Waals surface area (Å²) in [7, 11) is 0. The molecule has 11 heteroatoms. The SMILES string of the molecule is CC(C)(C)c1nc(N2CCC(F)(F)C2)c2nnn(Cc3nc(Cl)ccc3Cl)c2n1. The summed E-state index contributed by atoms with van der Waals surface area (Å²) in [6.45, 7) is 5.85. The van der Waals surface area contributed by atoms with Crippen LogP contribution >= 0.6 is 23.2 Å². The van der Waals surface area contributed by atoms with Crippen LogP contribution < -0.4 is 4.90 Å². The highest BCUT2D eigenvalue weighted by molar-refractivity contribution is 6.32. The first kappa shape index (κ1) is 20.2. The van der Waals surface area contributed by atoms with Gasteiger partial charge in [0.1, 0.15) is 11.0 Å². The van der Waals surface area contributed by atoms with E-state index < -0.39 is 17.9 Å². The van der Waals surface area contributed by atoms with Crippen LogP contribution in [0.1, 0.15) is 38.7 Å². The number of aromatic nitrogens is 6. The van der Waals surface area contributed by atoms with E-state index in [1.807, 2.05) is 20.8 Å². The molecule has 0 radical (unpaired) electrons. The largest absolute Gasteiger partial charge is 0.348 e. The number of hydrogen-bond donors (Lipinski definition) is 0. The van der Waals surface area contributed by atoms with Gasteiger partial charge in [0.25, 0.3) is 5.92 Å². The third kappa shape index (κ3) is 3.98. The number of nitrogens with zero attached hydrogens (tertiary/aromatic N) is 7. The van der Waals surface area contributed by atoms with Gasteiger partial charge < -0.3 is 4.90 Å². The van der Waals surface area contributed by atoms with Crippen molar-refractivity contribution in [1.82, 2.24) is 29.9 Å². The molecule has 1 saturated heterocycles. The van der Waals surface area contributed by atoms with Crippen molar-refractivity contribution in [2.75, 3.05) is 18.0 Å². The molecule has 1 fully saturated rings. The van der Waals surface area contributed by atoms with E-state index in [0.29, 0.717) is 38.7 Å². The van der Waals surface area contributed by atoms with E-state index in [4.69, 9.17) is 23.2 Å². The zero-order valence-corrected chi connectivity index (χ0v) is 17.6. The summed E-state index contributed by atoms with van der Waals surface area (Å²) in [5, 5.41) is 9.08. The number of hydrogen-bond acceptors (Lipinski definition) is 6. The molecular formula is C18H19Cl2F2N7. The molecule has 1 aliphatic heterocycles. The molecule has 0 aromatic carbocycles. The van der Waals surface area contributed by atoms with Crippen LogP contribution in [0.2, 0.25) is 10.2 Å². The molecule has 3 aromatic rings. The summed E-state index contributed by atoms with van der Waals surface area (Å²) in [4.78, 5) is 15.0. The third-order valence-corrected chi connectivity index (χ3v) is 5.22. The molecule has 0 unspecified atom stereocenters. The van der Waals surface area contributed by atoms with Crippen LogP contribution in [0.4, 0.5) is 14.6 Å². The Morgan fingerprint density at radius 2 is 1.90 bits per heavy atom. The summed E-state index contributed by atoms with van der Waals surface area (Å²) in [6, 6.07) is 3.25. The van der Waals surface area contributed by atoms with Crippen LogP contribution in [0.3, 0.4) is 0 Å². The number of alkyl halides is 2. The Balaban J connectivity index is 1.84. The quantitative estimate of drug-likeness (QED) is 0.569. The van der Waals surface area contributed by atoms with Crippen molar-refractivity contribution >= 4 is 40.2 Å². The van der Waals surface area contributed by atoms with Gasteiger partial charge in [-0.25, -0.2) is 28.4 Å². The second kappa shape index (κ2) is 6.98. The lowest BCUT2D eigenvalue weighted by atomic mass is 9.96. The summed E-state index contributed by atoms with van der Waals surface area (Å²) >= 11 is 12.2. The van der Waals surface area contributed by atoms with E-state index in [1.54, 1.807) is 17.0 Å². The van der Waals surface area contributed by atoms with Gasteiger partial charge in [-0.05, 0) is 12.1 Å². The molecule has 0 saturated carbocycles. The van der Waals surface area contributed by atoms with E-state index in [1.165, 1.54) is 4.68 Å². The first-order valence-electron chi connectivity index (χ1n) is 9.09. The van der Waals surface area contributed by atoms with E-state index in [-0.39, 0.29) is 19.5 Å². The van der Waals surface area contributed by atoms with Crippen LogP contribution in [-0.4, -0.2) is 49.0 Å². The highest BCUT2D eigenvalue weighted by atomic mass is 35.5. The molecule has 4 rings (SSSR count). The number of halogens is 4. The fraction of sp³-hybridized carbons (Fsp3) is 0.500. The van der Waals surface area contributed by atoms with Crippen molar-refractivity contribution < 1.29 is 8.78 Å². The predicted octanol–water partition coefficient (Wildman–Crippen LogP) is 4.11. The maximum Gasteiger partial charge on any atom is 0.266 e. The van der Waals surface area contributed by atoms with Gasteiger partial charge in [0, 0.05) is 18.4 Å². The average Bonchev–Trinajstić information content (AvgIpc) is 3.20. The van der Waals surface area contributed by atoms with Crippen LogP contribution in [0.15, 0.2) is 12.1 Å². The van der Waals surface area contributed by atoms with Crippen LogP contribution in [0.5, 0.6) is 0 Å². The van der Waals surface area contributed by atoms with Gasteiger partial charge in [0.2, 0.25) is 0 Å². The Morgan fingerprint density at radius 3 is 2.55 bits per heavy atom. The Labute approximate surface area is 176 Å². The molecule has 7 nitrogen and oxygen atoms in total. The van der Waals surface area contributed by atoms with E-state index in [2.05, 4.69) is 25.3 Å². The summed E-state index contributed by atoms with van der Waals surface area (Å²) in [6.07, 6.45) is -0.223. The van der Waals surface area contributed by atoms with Gasteiger partial charge >= 0.3 is 0 Å². The molecule has 3 aromatic heterocycles. The molecule has 4 heterocycles. The monoisotopic (exact) mass is 441 g/mol. The summed E-state index contributed by atoms with van der Waals surface area (Å²) < 4.78 is 29.2. The van der Waals surface area contributed by atoms with E-state index in [0.717, 1.165) is 0 Å². The second-order valence-corrected chi connectivity index (χ2v) is 8.92. The van der Waals surface area contributed by atoms with Crippen molar-refractivity contribution in [2.45, 2.75) is 45.1 Å². The second-order valence-electron chi connectivity index (χ2n) is 8.13. The zero-order valence-electron chi connectivity index (χ0n) is 16.1. The highest BCUT2D eigenvalue weighted by Crippen LogP contribution is 2.34. The lowest BCUT2D eigenvalue weighted by Gasteiger charge is -2.22. The first-order chi connectivity index (χ1) is 13.5. The molecular weight excluding hydrogens is 423 g/mol. The number of pyridine rings is 1. The number of rotatable bonds is 3. The lowest BCUT2D eigenvalue weighted by molar-refractivity contribution is 0.0257. The van der Waals surface area contributed by atoms with Crippen molar-refractivity contribution in [2.24, 2.45) is 0 Å². The fourth-order valence-corrected chi connectivity index (χ4v) is 3.46. The normalized spacial score (nSPS) is 16.7. The van der Waals surface area contributed by atoms with E-state index in [9.17, 15) is 8.78 Å². The Morgan fingerprint density at radius 1 is 1.14 bits per heavy atom. The summed E-state index contributed by atoms with van der Waals surface area (Å²) in [5.41, 5.74) is 0.921. The minimum Gasteiger partial charge on any atom is -0.348 e. The topological polar surface area (TPSA) is 72.6 Å². The molecule has 0 bridgehead atoms. The maximum absolute atomic E-state index is 13.8. The Kier molecular flexibility index (Phi) is 4.85. The number of anilines is 1. The maximum atomic E-state index is 13.8. The Bertz CT molecular complexity index is 1080. The van der Waals surface area contributed by atoms with Crippen molar-refractivity contribution in [3.8, 4) is 0 Å². The minimum atomic E-state index is -2.76. The van der Waals surface area contributed by atoms with E-state index >= 15 is 0 Å². The van der Waals surface area contributed by atoms with Gasteiger partial charge in [-0.2, -0.15) is 0 Å². The van der Waals surface area contributed by atoms with Crippen LogP contribution in [-0.2, 0) is 12.0 Å². The van der Waals surface area contributed by atoms with Gasteiger partial charge in [-0.15, -0.1) is 5.10 Å². The highest BCUT2D eigenvalue weighted by Gasteiger charge is 2.40. The zero-order chi connectivity index (χ0) is 21.0. The van der Waals surface area contributed by atoms with Gasteiger partial charge in [0.15, 0.2) is 17.0 Å². The standard InChI is InChI=1S/C18H19Cl2F2N7/c1-17(2,3)16-24-14(28-7-6-18(21,22)9-28)13-15(25-16)29(27-26-13)8-11-10(19)4-5-12(20)23-11/h4-5H,6-9H2,1-3H3. The van der Waals surface area contributed by atoms with Crippen molar-refractivity contribution in [1.29, 1.82) is 0 Å². The average molecular weight is 442 g/mol. The molecule has 0 spiro atoms. The van der Waals surface area contributed by atoms with Gasteiger partial charge in [-0.1, -0.05) is 49.2 Å². The third-order valence-electron chi connectivity index (χ3n) is 4.67. The molecule has 29 heavy (non-hydrogen) atoms. The fourth-order valence-electron chi connectivity index (χ4n) is 3.13. The number of fused-ring (bicyclic) bond motifs is 1. The minimum absolute atomic E-state index is 0.187. The predicted molar refractivity (Wildman–Crippen MR) is 107 cm³/mol. The van der Waals surface area contributed by atoms with Crippen molar-refractivity contribution in [3.63, 3.8) is 0 Å². The molecule has 154 valence electrons. The summed E-state index contributed by atoms with van der Waals surface area (Å²) in [5.74, 6) is -1.87. The Hall–Kier alpha value is -2.13. The molecule has 0 atom stereocenters. The molecule has 1 aliphatic rings. The smallest absolute Gasteiger partial charge is 0.266 e. The molecule has 0 aliphatic carbocycles. The van der Waals surface area contributed by atoms with Crippen LogP contribution in [0.25, 0.3) is 11.2 Å². The van der Waals surface area contributed by atoms with Crippen LogP contribution in [0, 0.1) is 0 Å². The van der Waals surface area contributed by atoms with Gasteiger partial charge in [-0.3, -0.25) is 0 Å². The molecule has 0 amide bonds. The molecule has 0 N–H and O–H groups in total. The lowest BCUT2D eigenvalue weighted by Crippen LogP contribution is -2.27.